The third-order valence-electron chi connectivity index (χ3n) is 11.9. The largest absolute Gasteiger partial charge is 0.490 e. The highest BCUT2D eigenvalue weighted by Crippen LogP contribution is 2.32. The average Bonchev–Trinajstić information content (AvgIpc) is 3.49. The number of nitriles is 1. The number of anilines is 1. The highest BCUT2D eigenvalue weighted by molar-refractivity contribution is 6.31. The molecule has 4 amide bonds. The average molecular weight is 765 g/mol. The number of ether oxygens (including phenoxy) is 1. The number of hydrogen-bond acceptors (Lipinski definition) is 10. The molecule has 5 aliphatic rings. The SMILES string of the molecule is N#Cc1ccc(OC2CCC(NC(=O)c3ccc(N4CCC(CN5CC(Cc6ccc7c(c6)CN(C6CCC(=O)NC6=O)C7=O)C5)CC4)nn3)CC2)cc1Cl. The summed E-state index contributed by atoms with van der Waals surface area (Å²) in [6, 6.07) is 16.4. The van der Waals surface area contributed by atoms with Crippen LogP contribution in [0.1, 0.15) is 88.9 Å². The maximum atomic E-state index is 13.0. The summed E-state index contributed by atoms with van der Waals surface area (Å²) in [5.41, 5.74) is 3.59. The fourth-order valence-corrected chi connectivity index (χ4v) is 9.02. The number of aromatic nitrogens is 2. The summed E-state index contributed by atoms with van der Waals surface area (Å²) in [5, 5.41) is 23.6. The number of hydrogen-bond donors (Lipinski definition) is 2. The molecule has 2 aromatic carbocycles. The predicted molar refractivity (Wildman–Crippen MR) is 203 cm³/mol. The third-order valence-corrected chi connectivity index (χ3v) is 12.2. The summed E-state index contributed by atoms with van der Waals surface area (Å²) in [7, 11) is 0. The number of fused-ring (bicyclic) bond motifs is 1. The van der Waals surface area contributed by atoms with Gasteiger partial charge in [0.25, 0.3) is 11.8 Å². The zero-order chi connectivity index (χ0) is 38.1. The van der Waals surface area contributed by atoms with Gasteiger partial charge in [-0.05, 0) is 105 Å². The van der Waals surface area contributed by atoms with E-state index >= 15 is 0 Å². The van der Waals surface area contributed by atoms with Crippen molar-refractivity contribution >= 4 is 41.0 Å². The maximum Gasteiger partial charge on any atom is 0.272 e. The van der Waals surface area contributed by atoms with E-state index in [-0.39, 0.29) is 42.2 Å². The summed E-state index contributed by atoms with van der Waals surface area (Å²) in [5.74, 6) is 1.66. The minimum absolute atomic E-state index is 0.0309. The molecular formula is C41H45ClN8O5. The van der Waals surface area contributed by atoms with Crippen molar-refractivity contribution in [3.8, 4) is 11.8 Å². The highest BCUT2D eigenvalue weighted by atomic mass is 35.5. The molecular weight excluding hydrogens is 720 g/mol. The molecule has 1 aliphatic carbocycles. The van der Waals surface area contributed by atoms with E-state index < -0.39 is 6.04 Å². The van der Waals surface area contributed by atoms with Crippen LogP contribution in [-0.4, -0.2) is 94.5 Å². The van der Waals surface area contributed by atoms with E-state index in [0.29, 0.717) is 52.4 Å². The molecule has 2 N–H and O–H groups in total. The number of likely N-dealkylation sites (tertiary alicyclic amines) is 1. The Morgan fingerprint density at radius 3 is 2.45 bits per heavy atom. The first-order valence-electron chi connectivity index (χ1n) is 19.4. The number of amides is 4. The number of piperidine rings is 2. The number of halogens is 1. The quantitative estimate of drug-likeness (QED) is 0.286. The Kier molecular flexibility index (Phi) is 10.7. The van der Waals surface area contributed by atoms with Gasteiger partial charge in [0.05, 0.1) is 16.7 Å². The summed E-state index contributed by atoms with van der Waals surface area (Å²) in [6.07, 6.45) is 6.99. The zero-order valence-corrected chi connectivity index (χ0v) is 31.5. The van der Waals surface area contributed by atoms with Gasteiger partial charge < -0.3 is 24.8 Å². The van der Waals surface area contributed by atoms with Gasteiger partial charge in [0.15, 0.2) is 11.5 Å². The molecule has 1 unspecified atom stereocenters. The molecule has 1 saturated carbocycles. The van der Waals surface area contributed by atoms with Gasteiger partial charge in [-0.15, -0.1) is 10.2 Å². The molecule has 0 spiro atoms. The summed E-state index contributed by atoms with van der Waals surface area (Å²) >= 11 is 6.14. The number of nitrogens with one attached hydrogen (secondary N) is 2. The lowest BCUT2D eigenvalue weighted by molar-refractivity contribution is -0.136. The Labute approximate surface area is 325 Å². The highest BCUT2D eigenvalue weighted by Gasteiger charge is 2.39. The number of carbonyl (C=O) groups excluding carboxylic acids is 4. The molecule has 1 atom stereocenters. The van der Waals surface area contributed by atoms with Gasteiger partial charge >= 0.3 is 0 Å². The monoisotopic (exact) mass is 764 g/mol. The molecule has 0 bridgehead atoms. The molecule has 13 nitrogen and oxygen atoms in total. The first-order valence-corrected chi connectivity index (χ1v) is 19.8. The van der Waals surface area contributed by atoms with Crippen molar-refractivity contribution in [3.63, 3.8) is 0 Å². The molecule has 286 valence electrons. The lowest BCUT2D eigenvalue weighted by atomic mass is 9.88. The van der Waals surface area contributed by atoms with Crippen LogP contribution in [0.25, 0.3) is 0 Å². The fraction of sp³-hybridized carbons (Fsp3) is 0.488. The van der Waals surface area contributed by atoms with Gasteiger partial charge in [0.2, 0.25) is 11.8 Å². The van der Waals surface area contributed by atoms with Crippen molar-refractivity contribution in [3.05, 3.63) is 81.5 Å². The van der Waals surface area contributed by atoms with E-state index in [2.05, 4.69) is 42.8 Å². The second-order valence-electron chi connectivity index (χ2n) is 15.7. The van der Waals surface area contributed by atoms with Gasteiger partial charge in [0, 0.05) is 63.4 Å². The summed E-state index contributed by atoms with van der Waals surface area (Å²) in [6.45, 7) is 5.45. The lowest BCUT2D eigenvalue weighted by Gasteiger charge is -2.43. The molecule has 55 heavy (non-hydrogen) atoms. The van der Waals surface area contributed by atoms with Crippen molar-refractivity contribution in [2.75, 3.05) is 37.6 Å². The van der Waals surface area contributed by atoms with Crippen molar-refractivity contribution in [2.45, 2.75) is 82.5 Å². The van der Waals surface area contributed by atoms with Gasteiger partial charge in [-0.25, -0.2) is 0 Å². The van der Waals surface area contributed by atoms with Crippen LogP contribution in [-0.2, 0) is 22.6 Å². The Morgan fingerprint density at radius 1 is 0.945 bits per heavy atom. The van der Waals surface area contributed by atoms with Crippen LogP contribution in [0.3, 0.4) is 0 Å². The summed E-state index contributed by atoms with van der Waals surface area (Å²) in [4.78, 5) is 56.4. The summed E-state index contributed by atoms with van der Waals surface area (Å²) < 4.78 is 6.08. The van der Waals surface area contributed by atoms with E-state index in [1.54, 1.807) is 29.2 Å². The lowest BCUT2D eigenvalue weighted by Crippen LogP contribution is -2.52. The second-order valence-corrected chi connectivity index (χ2v) is 16.1. The first-order chi connectivity index (χ1) is 26.7. The minimum atomic E-state index is -0.589. The molecule has 0 radical (unpaired) electrons. The standard InChI is InChI=1S/C41H45ClN8O5/c42-34-19-32(5-2-28(34)20-43)55-31-6-3-30(4-7-31)44-39(52)35-9-11-37(47-46-35)49-15-13-25(14-16-49)21-48-22-27(23-48)17-26-1-8-33-29(18-26)24-50(41(33)54)36-10-12-38(51)45-40(36)53/h1-2,5,8-9,11,18-19,25,27,30-31,36H,3-4,6-7,10,12-17,21-24H2,(H,44,52)(H,45,51,53). The Morgan fingerprint density at radius 2 is 1.75 bits per heavy atom. The van der Waals surface area contributed by atoms with Crippen LogP contribution in [0.15, 0.2) is 48.5 Å². The molecule has 4 fully saturated rings. The van der Waals surface area contributed by atoms with Gasteiger partial charge in [-0.3, -0.25) is 24.5 Å². The fourth-order valence-electron chi connectivity index (χ4n) is 8.80. The maximum absolute atomic E-state index is 13.0. The topological polar surface area (TPSA) is 161 Å². The number of rotatable bonds is 10. The number of carbonyl (C=O) groups is 4. The van der Waals surface area contributed by atoms with E-state index in [9.17, 15) is 19.2 Å². The van der Waals surface area contributed by atoms with E-state index in [4.69, 9.17) is 21.6 Å². The molecule has 3 saturated heterocycles. The normalized spacial score (nSPS) is 23.5. The van der Waals surface area contributed by atoms with Crippen LogP contribution in [0.2, 0.25) is 5.02 Å². The van der Waals surface area contributed by atoms with E-state index in [0.717, 1.165) is 89.1 Å². The second kappa shape index (κ2) is 16.0. The third kappa shape index (κ3) is 8.31. The predicted octanol–water partition coefficient (Wildman–Crippen LogP) is 4.27. The zero-order valence-electron chi connectivity index (χ0n) is 30.7. The molecule has 5 heterocycles. The first kappa shape index (κ1) is 36.9. The smallest absolute Gasteiger partial charge is 0.272 e. The van der Waals surface area contributed by atoms with Crippen LogP contribution < -0.4 is 20.3 Å². The van der Waals surface area contributed by atoms with E-state index in [1.165, 1.54) is 5.56 Å². The van der Waals surface area contributed by atoms with E-state index in [1.807, 2.05) is 18.2 Å². The number of imide groups is 1. The molecule has 14 heteroatoms. The van der Waals surface area contributed by atoms with Gasteiger partial charge in [-0.1, -0.05) is 23.7 Å². The molecule has 8 rings (SSSR count). The number of benzene rings is 2. The Bertz CT molecular complexity index is 2000. The number of nitrogens with zero attached hydrogens (tertiary/aromatic N) is 6. The molecule has 3 aromatic rings. The van der Waals surface area contributed by atoms with Crippen molar-refractivity contribution in [1.82, 2.24) is 30.6 Å². The van der Waals surface area contributed by atoms with Gasteiger partial charge in [0.1, 0.15) is 17.9 Å². The van der Waals surface area contributed by atoms with Crippen molar-refractivity contribution in [1.29, 1.82) is 5.26 Å². The van der Waals surface area contributed by atoms with Crippen LogP contribution in [0.5, 0.6) is 5.75 Å². The van der Waals surface area contributed by atoms with Crippen LogP contribution in [0.4, 0.5) is 5.82 Å². The molecule has 1 aromatic heterocycles. The Balaban J connectivity index is 0.729. The molecule has 4 aliphatic heterocycles. The minimum Gasteiger partial charge on any atom is -0.490 e. The van der Waals surface area contributed by atoms with Crippen LogP contribution in [0, 0.1) is 23.2 Å². The van der Waals surface area contributed by atoms with Crippen molar-refractivity contribution < 1.29 is 23.9 Å². The van der Waals surface area contributed by atoms with Crippen LogP contribution >= 0.6 is 11.6 Å². The van der Waals surface area contributed by atoms with Gasteiger partial charge in [-0.2, -0.15) is 5.26 Å². The van der Waals surface area contributed by atoms with Crippen molar-refractivity contribution in [2.24, 2.45) is 11.8 Å². The Hall–Kier alpha value is -5.06.